The minimum absolute atomic E-state index is 0.216. The summed E-state index contributed by atoms with van der Waals surface area (Å²) in [6.45, 7) is 3.92. The van der Waals surface area contributed by atoms with Crippen LogP contribution in [0.1, 0.15) is 36.1 Å². The molecule has 1 N–H and O–H groups in total. The van der Waals surface area contributed by atoms with E-state index in [-0.39, 0.29) is 11.9 Å². The van der Waals surface area contributed by atoms with Crippen LogP contribution in [0, 0.1) is 6.92 Å². The highest BCUT2D eigenvalue weighted by molar-refractivity contribution is 7.92. The Bertz CT molecular complexity index is 1180. The molecule has 3 aromatic rings. The first kappa shape index (κ1) is 24.3. The van der Waals surface area contributed by atoms with Crippen LogP contribution in [0.2, 0.25) is 0 Å². The molecule has 0 bridgehead atoms. The Hall–Kier alpha value is -3.32. The molecule has 0 heterocycles. The Morgan fingerprint density at radius 3 is 2.15 bits per heavy atom. The van der Waals surface area contributed by atoms with Crippen molar-refractivity contribution < 1.29 is 17.9 Å². The minimum atomic E-state index is -3.35. The summed E-state index contributed by atoms with van der Waals surface area (Å²) in [7, 11) is -1.86. The summed E-state index contributed by atoms with van der Waals surface area (Å²) in [5, 5.41) is 3.16. The SMILES string of the molecule is CC[C@@H](Oc1ccc(N(C)S(C)(=O)=O)cc1)C(=O)N[C@H](c1ccccc1)c1ccccc1C. The summed E-state index contributed by atoms with van der Waals surface area (Å²) >= 11 is 0. The monoisotopic (exact) mass is 466 g/mol. The van der Waals surface area contributed by atoms with E-state index in [9.17, 15) is 13.2 Å². The van der Waals surface area contributed by atoms with Gasteiger partial charge in [-0.1, -0.05) is 61.5 Å². The maximum absolute atomic E-state index is 13.2. The van der Waals surface area contributed by atoms with Gasteiger partial charge in [-0.2, -0.15) is 0 Å². The highest BCUT2D eigenvalue weighted by Gasteiger charge is 2.24. The average molecular weight is 467 g/mol. The highest BCUT2D eigenvalue weighted by Crippen LogP contribution is 2.26. The molecule has 0 saturated heterocycles. The van der Waals surface area contributed by atoms with E-state index < -0.39 is 16.1 Å². The van der Waals surface area contributed by atoms with E-state index in [1.807, 2.05) is 68.4 Å². The van der Waals surface area contributed by atoms with Crippen molar-refractivity contribution >= 4 is 21.6 Å². The van der Waals surface area contributed by atoms with E-state index in [0.29, 0.717) is 17.9 Å². The lowest BCUT2D eigenvalue weighted by molar-refractivity contribution is -0.128. The van der Waals surface area contributed by atoms with Crippen molar-refractivity contribution in [3.8, 4) is 5.75 Å². The van der Waals surface area contributed by atoms with Crippen LogP contribution in [0.3, 0.4) is 0 Å². The second kappa shape index (κ2) is 10.5. The molecule has 0 spiro atoms. The third-order valence-corrected chi connectivity index (χ3v) is 6.76. The van der Waals surface area contributed by atoms with Crippen LogP contribution < -0.4 is 14.4 Å². The molecule has 6 nitrogen and oxygen atoms in total. The van der Waals surface area contributed by atoms with Crippen LogP contribution in [0.5, 0.6) is 5.75 Å². The van der Waals surface area contributed by atoms with Gasteiger partial charge < -0.3 is 10.1 Å². The van der Waals surface area contributed by atoms with Gasteiger partial charge in [0.25, 0.3) is 5.91 Å². The molecule has 2 atom stereocenters. The van der Waals surface area contributed by atoms with Crippen molar-refractivity contribution in [2.75, 3.05) is 17.6 Å². The summed E-state index contributed by atoms with van der Waals surface area (Å²) in [4.78, 5) is 13.2. The number of benzene rings is 3. The topological polar surface area (TPSA) is 75.7 Å². The molecule has 0 radical (unpaired) electrons. The van der Waals surface area contributed by atoms with Gasteiger partial charge in [0.1, 0.15) is 5.75 Å². The molecule has 0 aliphatic carbocycles. The number of rotatable bonds is 9. The number of amides is 1. The molecule has 3 rings (SSSR count). The lowest BCUT2D eigenvalue weighted by atomic mass is 9.94. The van der Waals surface area contributed by atoms with Gasteiger partial charge in [-0.3, -0.25) is 9.10 Å². The number of hydrogen-bond donors (Lipinski definition) is 1. The Kier molecular flexibility index (Phi) is 7.76. The molecule has 0 saturated carbocycles. The second-order valence-electron chi connectivity index (χ2n) is 7.95. The third kappa shape index (κ3) is 6.14. The first-order valence-electron chi connectivity index (χ1n) is 10.8. The third-order valence-electron chi connectivity index (χ3n) is 5.56. The van der Waals surface area contributed by atoms with Gasteiger partial charge in [0.2, 0.25) is 10.0 Å². The van der Waals surface area contributed by atoms with Crippen molar-refractivity contribution in [3.63, 3.8) is 0 Å². The quantitative estimate of drug-likeness (QED) is 0.505. The molecular formula is C26H30N2O4S. The zero-order chi connectivity index (χ0) is 24.0. The minimum Gasteiger partial charge on any atom is -0.481 e. The van der Waals surface area contributed by atoms with Crippen LogP contribution in [0.15, 0.2) is 78.9 Å². The standard InChI is InChI=1S/C26H30N2O4S/c1-5-24(32-22-17-15-21(16-18-22)28(3)33(4,30)31)26(29)27-25(20-12-7-6-8-13-20)23-14-10-9-11-19(23)2/h6-18,24-25H,5H2,1-4H3,(H,27,29)/t24-,25-/m1/s1. The van der Waals surface area contributed by atoms with Gasteiger partial charge in [0.05, 0.1) is 18.0 Å². The number of ether oxygens (including phenoxy) is 1. The maximum atomic E-state index is 13.2. The Morgan fingerprint density at radius 1 is 0.970 bits per heavy atom. The Balaban J connectivity index is 1.79. The Labute approximate surface area is 196 Å². The lowest BCUT2D eigenvalue weighted by Crippen LogP contribution is -2.40. The molecule has 33 heavy (non-hydrogen) atoms. The zero-order valence-corrected chi connectivity index (χ0v) is 20.2. The predicted molar refractivity (Wildman–Crippen MR) is 132 cm³/mol. The largest absolute Gasteiger partial charge is 0.481 e. The molecular weight excluding hydrogens is 436 g/mol. The van der Waals surface area contributed by atoms with Gasteiger partial charge in [0, 0.05) is 7.05 Å². The molecule has 3 aromatic carbocycles. The summed E-state index contributed by atoms with van der Waals surface area (Å²) in [6.07, 6.45) is 0.928. The van der Waals surface area contributed by atoms with Gasteiger partial charge in [-0.15, -0.1) is 0 Å². The number of aryl methyl sites for hydroxylation is 1. The Morgan fingerprint density at radius 2 is 1.58 bits per heavy atom. The molecule has 0 aliphatic rings. The van der Waals surface area contributed by atoms with Crippen LogP contribution in [-0.4, -0.2) is 33.7 Å². The first-order valence-corrected chi connectivity index (χ1v) is 12.7. The van der Waals surface area contributed by atoms with Crippen molar-refractivity contribution in [2.45, 2.75) is 32.4 Å². The van der Waals surface area contributed by atoms with Crippen molar-refractivity contribution in [1.82, 2.24) is 5.32 Å². The summed E-state index contributed by atoms with van der Waals surface area (Å²) in [5.41, 5.74) is 3.63. The normalized spacial score (nSPS) is 13.1. The van der Waals surface area contributed by atoms with Gasteiger partial charge in [-0.25, -0.2) is 8.42 Å². The maximum Gasteiger partial charge on any atom is 0.261 e. The molecule has 7 heteroatoms. The number of carbonyl (C=O) groups is 1. The summed E-state index contributed by atoms with van der Waals surface area (Å²) < 4.78 is 30.6. The van der Waals surface area contributed by atoms with Crippen LogP contribution in [-0.2, 0) is 14.8 Å². The highest BCUT2D eigenvalue weighted by atomic mass is 32.2. The molecule has 0 unspecified atom stereocenters. The van der Waals surface area contributed by atoms with Crippen molar-refractivity contribution in [1.29, 1.82) is 0 Å². The number of nitrogens with one attached hydrogen (secondary N) is 1. The van der Waals surface area contributed by atoms with Crippen LogP contribution >= 0.6 is 0 Å². The summed E-state index contributed by atoms with van der Waals surface area (Å²) in [6, 6.07) is 24.2. The van der Waals surface area contributed by atoms with E-state index in [0.717, 1.165) is 22.9 Å². The van der Waals surface area contributed by atoms with E-state index in [4.69, 9.17) is 4.74 Å². The van der Waals surface area contributed by atoms with E-state index >= 15 is 0 Å². The zero-order valence-electron chi connectivity index (χ0n) is 19.4. The number of nitrogens with zero attached hydrogens (tertiary/aromatic N) is 1. The fraction of sp³-hybridized carbons (Fsp3) is 0.269. The lowest BCUT2D eigenvalue weighted by Gasteiger charge is -2.25. The van der Waals surface area contributed by atoms with E-state index in [1.54, 1.807) is 24.3 Å². The number of sulfonamides is 1. The number of hydrogen-bond acceptors (Lipinski definition) is 4. The molecule has 1 amide bonds. The van der Waals surface area contributed by atoms with Crippen molar-refractivity contribution in [3.05, 3.63) is 95.6 Å². The predicted octanol–water partition coefficient (Wildman–Crippen LogP) is 4.45. The van der Waals surface area contributed by atoms with Gasteiger partial charge >= 0.3 is 0 Å². The second-order valence-corrected chi connectivity index (χ2v) is 9.96. The van der Waals surface area contributed by atoms with Gasteiger partial charge in [-0.05, 0) is 54.3 Å². The fourth-order valence-electron chi connectivity index (χ4n) is 3.54. The van der Waals surface area contributed by atoms with Crippen LogP contribution in [0.4, 0.5) is 5.69 Å². The van der Waals surface area contributed by atoms with Crippen molar-refractivity contribution in [2.24, 2.45) is 0 Å². The molecule has 0 fully saturated rings. The van der Waals surface area contributed by atoms with E-state index in [2.05, 4.69) is 5.32 Å². The molecule has 174 valence electrons. The average Bonchev–Trinajstić information content (AvgIpc) is 2.81. The molecule has 0 aliphatic heterocycles. The molecule has 0 aromatic heterocycles. The number of carbonyl (C=O) groups excluding carboxylic acids is 1. The first-order chi connectivity index (χ1) is 15.7. The van der Waals surface area contributed by atoms with Gasteiger partial charge in [0.15, 0.2) is 6.10 Å². The van der Waals surface area contributed by atoms with Crippen LogP contribution in [0.25, 0.3) is 0 Å². The smallest absolute Gasteiger partial charge is 0.261 e. The number of anilines is 1. The van der Waals surface area contributed by atoms with E-state index in [1.165, 1.54) is 11.4 Å². The fourth-order valence-corrected chi connectivity index (χ4v) is 4.05. The summed E-state index contributed by atoms with van der Waals surface area (Å²) in [5.74, 6) is 0.279.